The molecule has 2 aromatic heterocycles. The largest absolute Gasteiger partial charge is 0.361 e. The van der Waals surface area contributed by atoms with Gasteiger partial charge < -0.3 is 9.30 Å². The zero-order chi connectivity index (χ0) is 14.6. The van der Waals surface area contributed by atoms with Gasteiger partial charge in [0.25, 0.3) is 0 Å². The van der Waals surface area contributed by atoms with E-state index in [1.165, 1.54) is 6.33 Å². The van der Waals surface area contributed by atoms with Gasteiger partial charge >= 0.3 is 0 Å². The Kier molecular flexibility index (Phi) is 4.96. The van der Waals surface area contributed by atoms with E-state index in [-0.39, 0.29) is 0 Å². The van der Waals surface area contributed by atoms with Gasteiger partial charge in [0.1, 0.15) is 13.1 Å². The molecule has 0 saturated carbocycles. The fraction of sp³-hybridized carbons (Fsp3) is 0.429. The Morgan fingerprint density at radius 1 is 1.30 bits per heavy atom. The van der Waals surface area contributed by atoms with E-state index >= 15 is 0 Å². The van der Waals surface area contributed by atoms with Crippen LogP contribution in [0, 0.1) is 0 Å². The Bertz CT molecular complexity index is 551. The van der Waals surface area contributed by atoms with Crippen molar-refractivity contribution in [3.8, 4) is 11.4 Å². The molecule has 0 radical (unpaired) electrons. The summed E-state index contributed by atoms with van der Waals surface area (Å²) in [6.45, 7) is 8.31. The quantitative estimate of drug-likeness (QED) is 0.600. The third-order valence-electron chi connectivity index (χ3n) is 2.97. The number of rotatable bonds is 6. The summed E-state index contributed by atoms with van der Waals surface area (Å²) in [5.74, 6) is 0. The smallest absolute Gasteiger partial charge is 0.122 e. The van der Waals surface area contributed by atoms with Gasteiger partial charge in [-0.1, -0.05) is 31.2 Å². The average molecular weight is 310 g/mol. The van der Waals surface area contributed by atoms with Gasteiger partial charge in [-0.05, 0) is 18.2 Å². The molecule has 0 saturated heterocycles. The Labute approximate surface area is 125 Å². The summed E-state index contributed by atoms with van der Waals surface area (Å²) < 4.78 is 7.75. The van der Waals surface area contributed by atoms with E-state index < -0.39 is 8.07 Å². The van der Waals surface area contributed by atoms with Gasteiger partial charge in [0.05, 0.1) is 16.4 Å². The fourth-order valence-corrected chi connectivity index (χ4v) is 2.81. The topological polar surface area (TPSA) is 39.9 Å². The third-order valence-corrected chi connectivity index (χ3v) is 4.97. The van der Waals surface area contributed by atoms with Crippen LogP contribution in [-0.2, 0) is 11.5 Å². The van der Waals surface area contributed by atoms with E-state index in [2.05, 4.69) is 29.6 Å². The van der Waals surface area contributed by atoms with Crippen LogP contribution >= 0.6 is 11.6 Å². The Balaban J connectivity index is 2.03. The van der Waals surface area contributed by atoms with Crippen LogP contribution in [0.3, 0.4) is 0 Å². The lowest BCUT2D eigenvalue weighted by molar-refractivity contribution is 0.0885. The van der Waals surface area contributed by atoms with Crippen LogP contribution < -0.4 is 0 Å². The minimum atomic E-state index is -1.05. The molecule has 0 fully saturated rings. The summed E-state index contributed by atoms with van der Waals surface area (Å²) in [5, 5.41) is 0.678. The van der Waals surface area contributed by atoms with Crippen LogP contribution in [0.1, 0.15) is 0 Å². The highest BCUT2D eigenvalue weighted by molar-refractivity contribution is 6.76. The van der Waals surface area contributed by atoms with Gasteiger partial charge in [-0.15, -0.1) is 0 Å². The summed E-state index contributed by atoms with van der Waals surface area (Å²) in [6.07, 6.45) is 5.16. The van der Waals surface area contributed by atoms with Crippen molar-refractivity contribution in [1.29, 1.82) is 0 Å². The van der Waals surface area contributed by atoms with Crippen LogP contribution in [0.15, 0.2) is 30.9 Å². The van der Waals surface area contributed by atoms with Crippen molar-refractivity contribution in [2.75, 3.05) is 6.61 Å². The van der Waals surface area contributed by atoms with E-state index in [4.69, 9.17) is 16.3 Å². The van der Waals surface area contributed by atoms with Crippen LogP contribution in [-0.4, -0.2) is 29.2 Å². The highest BCUT2D eigenvalue weighted by Crippen LogP contribution is 2.27. The average Bonchev–Trinajstić information content (AvgIpc) is 2.76. The molecule has 0 aliphatic heterocycles. The molecule has 0 bridgehead atoms. The molecule has 0 aromatic carbocycles. The highest BCUT2D eigenvalue weighted by atomic mass is 35.5. The molecule has 108 valence electrons. The van der Waals surface area contributed by atoms with Crippen LogP contribution in [0.25, 0.3) is 11.4 Å². The summed E-state index contributed by atoms with van der Waals surface area (Å²) in [5.41, 5.74) is 1.69. The Morgan fingerprint density at radius 3 is 2.75 bits per heavy atom. The van der Waals surface area contributed by atoms with Crippen molar-refractivity contribution in [1.82, 2.24) is 14.5 Å². The van der Waals surface area contributed by atoms with Crippen molar-refractivity contribution < 1.29 is 4.74 Å². The van der Waals surface area contributed by atoms with Crippen molar-refractivity contribution >= 4 is 19.7 Å². The fourth-order valence-electron chi connectivity index (χ4n) is 1.80. The maximum atomic E-state index is 6.23. The number of aromatic nitrogens is 3. The zero-order valence-electron chi connectivity index (χ0n) is 12.1. The first-order valence-electron chi connectivity index (χ1n) is 6.66. The number of ether oxygens (including phenoxy) is 1. The Morgan fingerprint density at radius 2 is 2.10 bits per heavy atom. The lowest BCUT2D eigenvalue weighted by Crippen LogP contribution is -2.22. The predicted octanol–water partition coefficient (Wildman–Crippen LogP) is 3.91. The number of halogens is 1. The zero-order valence-corrected chi connectivity index (χ0v) is 13.9. The molecule has 0 aliphatic carbocycles. The second-order valence-corrected chi connectivity index (χ2v) is 12.0. The summed E-state index contributed by atoms with van der Waals surface area (Å²) in [7, 11) is -1.05. The lowest BCUT2D eigenvalue weighted by Gasteiger charge is -2.16. The molecule has 6 heteroatoms. The van der Waals surface area contributed by atoms with E-state index in [1.54, 1.807) is 6.20 Å². The summed E-state index contributed by atoms with van der Waals surface area (Å²) >= 11 is 6.23. The second-order valence-electron chi connectivity index (χ2n) is 5.92. The van der Waals surface area contributed by atoms with Gasteiger partial charge in [0.2, 0.25) is 0 Å². The first kappa shape index (κ1) is 15.2. The summed E-state index contributed by atoms with van der Waals surface area (Å²) in [6, 6.07) is 4.87. The minimum absolute atomic E-state index is 0.497. The molecule has 0 aliphatic rings. The maximum Gasteiger partial charge on any atom is 0.122 e. The van der Waals surface area contributed by atoms with Crippen molar-refractivity contribution in [3.05, 3.63) is 35.9 Å². The summed E-state index contributed by atoms with van der Waals surface area (Å²) in [4.78, 5) is 8.17. The first-order valence-corrected chi connectivity index (χ1v) is 10.7. The lowest BCUT2D eigenvalue weighted by atomic mass is 10.3. The van der Waals surface area contributed by atoms with Crippen LogP contribution in [0.4, 0.5) is 0 Å². The molecule has 0 unspecified atom stereocenters. The molecule has 0 N–H and O–H groups in total. The molecular weight excluding hydrogens is 290 g/mol. The highest BCUT2D eigenvalue weighted by Gasteiger charge is 2.13. The Hall–Kier alpha value is -1.17. The first-order chi connectivity index (χ1) is 9.47. The SMILES string of the molecule is C[Si](C)(C)CCOCn1ccc(Cl)c1-c1ccncn1. The third kappa shape index (κ3) is 4.16. The van der Waals surface area contributed by atoms with Gasteiger partial charge in [-0.3, -0.25) is 0 Å². The van der Waals surface area contributed by atoms with E-state index in [0.717, 1.165) is 24.0 Å². The molecule has 0 amide bonds. The number of hydrogen-bond donors (Lipinski definition) is 0. The monoisotopic (exact) mass is 309 g/mol. The molecular formula is C14H20ClN3OSi. The van der Waals surface area contributed by atoms with Crippen molar-refractivity contribution in [2.45, 2.75) is 32.4 Å². The van der Waals surface area contributed by atoms with Gasteiger partial charge in [0, 0.05) is 27.1 Å². The predicted molar refractivity (Wildman–Crippen MR) is 84.6 cm³/mol. The number of nitrogens with zero attached hydrogens (tertiary/aromatic N) is 3. The molecule has 2 rings (SSSR count). The number of hydrogen-bond acceptors (Lipinski definition) is 3. The molecule has 2 heterocycles. The van der Waals surface area contributed by atoms with Gasteiger partial charge in [-0.2, -0.15) is 0 Å². The molecule has 2 aromatic rings. The van der Waals surface area contributed by atoms with E-state index in [9.17, 15) is 0 Å². The normalized spacial score (nSPS) is 11.8. The standard InChI is InChI=1S/C14H20ClN3OSi/c1-20(2,3)9-8-19-11-18-7-5-12(15)14(18)13-4-6-16-10-17-13/h4-7,10H,8-9,11H2,1-3H3. The van der Waals surface area contributed by atoms with Crippen molar-refractivity contribution in [3.63, 3.8) is 0 Å². The van der Waals surface area contributed by atoms with Crippen LogP contribution in [0.5, 0.6) is 0 Å². The van der Waals surface area contributed by atoms with Gasteiger partial charge in [0.15, 0.2) is 0 Å². The van der Waals surface area contributed by atoms with Gasteiger partial charge in [-0.25, -0.2) is 9.97 Å². The maximum absolute atomic E-state index is 6.23. The molecule has 0 spiro atoms. The van der Waals surface area contributed by atoms with Crippen LogP contribution in [0.2, 0.25) is 30.7 Å². The molecule has 0 atom stereocenters. The molecule has 4 nitrogen and oxygen atoms in total. The second kappa shape index (κ2) is 6.52. The minimum Gasteiger partial charge on any atom is -0.361 e. The van der Waals surface area contributed by atoms with E-state index in [0.29, 0.717) is 11.8 Å². The van der Waals surface area contributed by atoms with Crippen molar-refractivity contribution in [2.24, 2.45) is 0 Å². The van der Waals surface area contributed by atoms with E-state index in [1.807, 2.05) is 22.9 Å². The molecule has 20 heavy (non-hydrogen) atoms.